The molecule has 0 saturated carbocycles. The number of hydrogen-bond donors (Lipinski definition) is 3. The van der Waals surface area contributed by atoms with Gasteiger partial charge in [0.1, 0.15) is 17.1 Å². The zero-order valence-electron chi connectivity index (χ0n) is 26.3. The number of urea groups is 1. The fourth-order valence-electron chi connectivity index (χ4n) is 5.35. The molecule has 2 heterocycles. The molecule has 2 aromatic carbocycles. The molecule has 0 aliphatic carbocycles. The number of pyridine rings is 2. The Kier molecular flexibility index (Phi) is 11.0. The molecule has 0 unspecified atom stereocenters. The van der Waals surface area contributed by atoms with E-state index in [0.29, 0.717) is 35.8 Å². The van der Waals surface area contributed by atoms with Crippen LogP contribution in [0.3, 0.4) is 0 Å². The summed E-state index contributed by atoms with van der Waals surface area (Å²) in [7, 11) is 1.92. The van der Waals surface area contributed by atoms with Crippen molar-refractivity contribution in [2.75, 3.05) is 37.0 Å². The quantitative estimate of drug-likeness (QED) is 0.140. The summed E-state index contributed by atoms with van der Waals surface area (Å²) in [4.78, 5) is 37.2. The van der Waals surface area contributed by atoms with Crippen molar-refractivity contribution in [2.24, 2.45) is 0 Å². The van der Waals surface area contributed by atoms with Gasteiger partial charge in [-0.15, -0.1) is 0 Å². The van der Waals surface area contributed by atoms with E-state index < -0.39 is 0 Å². The minimum absolute atomic E-state index is 0.208. The Labute approximate surface area is 254 Å². The summed E-state index contributed by atoms with van der Waals surface area (Å²) in [6.07, 6.45) is 4.11. The lowest BCUT2D eigenvalue weighted by Gasteiger charge is -2.28. The summed E-state index contributed by atoms with van der Waals surface area (Å²) in [5, 5.41) is 7.13. The minimum atomic E-state index is -0.367. The largest absolute Gasteiger partial charge is 0.494 e. The highest BCUT2D eigenvalue weighted by Gasteiger charge is 2.27. The first-order chi connectivity index (χ1) is 20.8. The number of amides is 2. The number of carbonyl (C=O) groups excluding carboxylic acids is 1. The van der Waals surface area contributed by atoms with E-state index in [1.165, 1.54) is 0 Å². The number of aromatic nitrogens is 2. The third kappa shape index (κ3) is 7.43. The molecule has 4 aromatic rings. The van der Waals surface area contributed by atoms with Crippen molar-refractivity contribution in [3.63, 3.8) is 0 Å². The molecule has 0 bridgehead atoms. The molecule has 0 radical (unpaired) electrons. The predicted octanol–water partition coefficient (Wildman–Crippen LogP) is 7.66. The van der Waals surface area contributed by atoms with Crippen molar-refractivity contribution in [1.82, 2.24) is 15.3 Å². The molecule has 3 N–H and O–H groups in total. The van der Waals surface area contributed by atoms with Crippen LogP contribution < -0.4 is 25.8 Å². The van der Waals surface area contributed by atoms with Crippen molar-refractivity contribution in [3.8, 4) is 16.9 Å². The van der Waals surface area contributed by atoms with Crippen LogP contribution >= 0.6 is 0 Å². The number of aromatic amines is 1. The van der Waals surface area contributed by atoms with Gasteiger partial charge in [-0.05, 0) is 79.2 Å². The number of nitrogens with zero attached hydrogens (tertiary/aromatic N) is 2. The molecule has 8 heteroatoms. The number of nitrogens with one attached hydrogen (secondary N) is 3. The lowest BCUT2D eigenvalue weighted by atomic mass is 9.92. The third-order valence-electron chi connectivity index (χ3n) is 7.58. The number of rotatable bonds is 13. The summed E-state index contributed by atoms with van der Waals surface area (Å²) in [5.41, 5.74) is 4.78. The molecule has 0 saturated heterocycles. The van der Waals surface area contributed by atoms with Crippen LogP contribution in [-0.2, 0) is 0 Å². The maximum atomic E-state index is 14.3. The first-order valence-electron chi connectivity index (χ1n) is 15.4. The van der Waals surface area contributed by atoms with Crippen LogP contribution in [0.25, 0.3) is 22.2 Å². The van der Waals surface area contributed by atoms with Gasteiger partial charge in [-0.2, -0.15) is 0 Å². The number of fused-ring (bicyclic) bond motifs is 1. The van der Waals surface area contributed by atoms with Gasteiger partial charge in [0.05, 0.1) is 6.61 Å². The van der Waals surface area contributed by atoms with Crippen LogP contribution in [0.1, 0.15) is 76.8 Å². The average molecular weight is 584 g/mol. The third-order valence-corrected chi connectivity index (χ3v) is 7.58. The Hall–Kier alpha value is -4.17. The zero-order chi connectivity index (χ0) is 30.9. The van der Waals surface area contributed by atoms with Crippen LogP contribution in [0.4, 0.5) is 16.2 Å². The van der Waals surface area contributed by atoms with E-state index in [1.807, 2.05) is 49.5 Å². The first kappa shape index (κ1) is 31.8. The first-order valence-corrected chi connectivity index (χ1v) is 15.4. The van der Waals surface area contributed by atoms with E-state index in [4.69, 9.17) is 4.74 Å². The second-order valence-electron chi connectivity index (χ2n) is 11.5. The van der Waals surface area contributed by atoms with Crippen molar-refractivity contribution in [1.29, 1.82) is 0 Å². The normalized spacial score (nSPS) is 11.3. The lowest BCUT2D eigenvalue weighted by molar-refractivity contribution is 0.256. The monoisotopic (exact) mass is 583 g/mol. The number of ether oxygens (including phenoxy) is 1. The van der Waals surface area contributed by atoms with Gasteiger partial charge in [0.2, 0.25) is 0 Å². The zero-order valence-corrected chi connectivity index (χ0v) is 26.3. The van der Waals surface area contributed by atoms with Gasteiger partial charge in [-0.1, -0.05) is 71.4 Å². The van der Waals surface area contributed by atoms with Crippen LogP contribution in [0.2, 0.25) is 0 Å². The van der Waals surface area contributed by atoms with Gasteiger partial charge in [0.25, 0.3) is 5.56 Å². The molecule has 8 nitrogen and oxygen atoms in total. The Balaban J connectivity index is 1.88. The molecule has 4 rings (SSSR count). The molecule has 228 valence electrons. The average Bonchev–Trinajstić information content (AvgIpc) is 2.99. The van der Waals surface area contributed by atoms with E-state index in [9.17, 15) is 9.59 Å². The molecule has 43 heavy (non-hydrogen) atoms. The molecule has 0 atom stereocenters. The van der Waals surface area contributed by atoms with Gasteiger partial charge >= 0.3 is 6.03 Å². The maximum Gasteiger partial charge on any atom is 0.326 e. The van der Waals surface area contributed by atoms with Crippen molar-refractivity contribution < 1.29 is 9.53 Å². The highest BCUT2D eigenvalue weighted by atomic mass is 16.5. The van der Waals surface area contributed by atoms with Gasteiger partial charge in [0.15, 0.2) is 0 Å². The van der Waals surface area contributed by atoms with Gasteiger partial charge < -0.3 is 20.4 Å². The van der Waals surface area contributed by atoms with Crippen molar-refractivity contribution in [3.05, 3.63) is 82.3 Å². The molecular weight excluding hydrogens is 538 g/mol. The van der Waals surface area contributed by atoms with Gasteiger partial charge in [-0.25, -0.2) is 9.78 Å². The Bertz CT molecular complexity index is 1570. The van der Waals surface area contributed by atoms with Gasteiger partial charge in [-0.3, -0.25) is 9.69 Å². The standard InChI is InChI=1S/C35H45N5O3/c1-7-8-20-40(35(42)38-31-27(23(2)3)15-10-16-28(31)24(4)5)32-30(29-17-11-19-37-33(29)39-34(32)41)25-13-9-14-26(22-25)43-21-12-18-36-6/h9-11,13-17,19,22-24,36H,7-8,12,18,20-21H2,1-6H3,(H,38,42)(H,37,39,41). The van der Waals surface area contributed by atoms with Crippen LogP contribution in [0.15, 0.2) is 65.6 Å². The fourth-order valence-corrected chi connectivity index (χ4v) is 5.35. The molecule has 2 amide bonds. The van der Waals surface area contributed by atoms with Gasteiger partial charge in [0, 0.05) is 29.4 Å². The number of para-hydroxylation sites is 1. The molecule has 0 aliphatic heterocycles. The summed E-state index contributed by atoms with van der Waals surface area (Å²) in [6.45, 7) is 12.4. The summed E-state index contributed by atoms with van der Waals surface area (Å²) < 4.78 is 6.04. The highest BCUT2D eigenvalue weighted by molar-refractivity contribution is 6.09. The van der Waals surface area contributed by atoms with E-state index >= 15 is 0 Å². The van der Waals surface area contributed by atoms with E-state index in [0.717, 1.165) is 53.6 Å². The summed E-state index contributed by atoms with van der Waals surface area (Å²) in [6, 6.07) is 17.3. The maximum absolute atomic E-state index is 14.3. The molecule has 0 spiro atoms. The van der Waals surface area contributed by atoms with Crippen LogP contribution in [0, 0.1) is 0 Å². The minimum Gasteiger partial charge on any atom is -0.494 e. The van der Waals surface area contributed by atoms with Crippen LogP contribution in [0.5, 0.6) is 5.75 Å². The molecule has 0 fully saturated rings. The lowest BCUT2D eigenvalue weighted by Crippen LogP contribution is -2.40. The number of benzene rings is 2. The summed E-state index contributed by atoms with van der Waals surface area (Å²) in [5.74, 6) is 1.12. The number of unbranched alkanes of at least 4 members (excludes halogenated alkanes) is 1. The molecular formula is C35H45N5O3. The Morgan fingerprint density at radius 2 is 1.72 bits per heavy atom. The van der Waals surface area contributed by atoms with Crippen molar-refractivity contribution in [2.45, 2.75) is 65.7 Å². The Morgan fingerprint density at radius 3 is 2.40 bits per heavy atom. The second-order valence-corrected chi connectivity index (χ2v) is 11.5. The molecule has 2 aromatic heterocycles. The van der Waals surface area contributed by atoms with Crippen LogP contribution in [-0.4, -0.2) is 42.7 Å². The smallest absolute Gasteiger partial charge is 0.326 e. The van der Waals surface area contributed by atoms with E-state index in [-0.39, 0.29) is 23.4 Å². The number of H-pyrrole nitrogens is 1. The number of carbonyl (C=O) groups is 1. The van der Waals surface area contributed by atoms with E-state index in [2.05, 4.69) is 67.4 Å². The number of anilines is 2. The molecule has 0 aliphatic rings. The number of hydrogen-bond acceptors (Lipinski definition) is 5. The highest BCUT2D eigenvalue weighted by Crippen LogP contribution is 2.37. The fraction of sp³-hybridized carbons (Fsp3) is 0.400. The Morgan fingerprint density at radius 1 is 1.00 bits per heavy atom. The second kappa shape index (κ2) is 14.8. The topological polar surface area (TPSA) is 99.3 Å². The summed E-state index contributed by atoms with van der Waals surface area (Å²) >= 11 is 0. The van der Waals surface area contributed by atoms with Crippen molar-refractivity contribution >= 4 is 28.4 Å². The van der Waals surface area contributed by atoms with E-state index in [1.54, 1.807) is 11.1 Å². The SMILES string of the molecule is CCCCN(C(=O)Nc1c(C(C)C)cccc1C(C)C)c1c(-c2cccc(OCCCNC)c2)c2cccnc2[nH]c1=O. The predicted molar refractivity (Wildman–Crippen MR) is 178 cm³/mol.